The maximum Gasteiger partial charge on any atom is 0.168 e. The molecule has 120 valence electrons. The van der Waals surface area contributed by atoms with E-state index >= 15 is 0 Å². The molecule has 0 spiro atoms. The van der Waals surface area contributed by atoms with Gasteiger partial charge in [0.2, 0.25) is 0 Å². The number of rotatable bonds is 2. The number of aliphatic imine (C=N–C) groups is 2. The van der Waals surface area contributed by atoms with Gasteiger partial charge in [0.25, 0.3) is 0 Å². The third kappa shape index (κ3) is 2.92. The molecule has 0 aromatic carbocycles. The van der Waals surface area contributed by atoms with Gasteiger partial charge in [0.05, 0.1) is 5.54 Å². The average molecular weight is 337 g/mol. The van der Waals surface area contributed by atoms with Crippen LogP contribution in [-0.2, 0) is 0 Å². The van der Waals surface area contributed by atoms with Crippen LogP contribution in [-0.4, -0.2) is 45.7 Å². The van der Waals surface area contributed by atoms with Crippen LogP contribution in [0.1, 0.15) is 39.5 Å². The highest BCUT2D eigenvalue weighted by molar-refractivity contribution is 8.17. The summed E-state index contributed by atoms with van der Waals surface area (Å²) in [5.41, 5.74) is 1.44. The summed E-state index contributed by atoms with van der Waals surface area (Å²) < 4.78 is 0. The van der Waals surface area contributed by atoms with Gasteiger partial charge in [-0.25, -0.2) is 0 Å². The van der Waals surface area contributed by atoms with Gasteiger partial charge in [0, 0.05) is 30.6 Å². The van der Waals surface area contributed by atoms with Crippen molar-refractivity contribution in [2.75, 3.05) is 18.8 Å². The first-order chi connectivity index (χ1) is 10.6. The maximum atomic E-state index is 4.78. The van der Waals surface area contributed by atoms with Crippen molar-refractivity contribution >= 4 is 33.9 Å². The number of hydrogen-bond donors (Lipinski definition) is 1. The van der Waals surface area contributed by atoms with Crippen molar-refractivity contribution < 1.29 is 0 Å². The maximum absolute atomic E-state index is 4.78. The smallest absolute Gasteiger partial charge is 0.168 e. The Labute approximate surface area is 141 Å². The van der Waals surface area contributed by atoms with Gasteiger partial charge in [0.15, 0.2) is 10.3 Å². The van der Waals surface area contributed by atoms with Gasteiger partial charge >= 0.3 is 0 Å². The lowest BCUT2D eigenvalue weighted by atomic mass is 9.84. The highest BCUT2D eigenvalue weighted by Crippen LogP contribution is 2.37. The zero-order valence-corrected chi connectivity index (χ0v) is 15.0. The van der Waals surface area contributed by atoms with Gasteiger partial charge in [-0.15, -0.1) is 0 Å². The summed E-state index contributed by atoms with van der Waals surface area (Å²) in [7, 11) is 0. The average Bonchev–Trinajstić information content (AvgIpc) is 3.00. The molecule has 0 saturated heterocycles. The SMILES string of the molecule is CC1(C)CN2C(CSC3=NC[C@@H]4CCCC[C@@H]4N3)=CSC2=N1. The fourth-order valence-corrected chi connectivity index (χ4v) is 5.76. The lowest BCUT2D eigenvalue weighted by Crippen LogP contribution is -2.46. The molecule has 4 aliphatic rings. The molecule has 3 heterocycles. The van der Waals surface area contributed by atoms with Gasteiger partial charge in [0.1, 0.15) is 0 Å². The number of fused-ring (bicyclic) bond motifs is 2. The van der Waals surface area contributed by atoms with Crippen LogP contribution < -0.4 is 5.32 Å². The zero-order valence-electron chi connectivity index (χ0n) is 13.3. The molecule has 3 aliphatic heterocycles. The quantitative estimate of drug-likeness (QED) is 0.840. The molecule has 0 unspecified atom stereocenters. The van der Waals surface area contributed by atoms with Crippen molar-refractivity contribution in [3.8, 4) is 0 Å². The molecule has 2 atom stereocenters. The molecule has 6 heteroatoms. The second-order valence-corrected chi connectivity index (χ2v) is 9.05. The second-order valence-electron chi connectivity index (χ2n) is 7.25. The van der Waals surface area contributed by atoms with Gasteiger partial charge in [-0.1, -0.05) is 36.4 Å². The molecule has 0 amide bonds. The fraction of sp³-hybridized carbons (Fsp3) is 0.750. The molecule has 0 aromatic heterocycles. The normalized spacial score (nSPS) is 32.6. The van der Waals surface area contributed by atoms with Crippen LogP contribution in [0.15, 0.2) is 21.1 Å². The zero-order chi connectivity index (χ0) is 15.2. The minimum Gasteiger partial charge on any atom is -0.362 e. The van der Waals surface area contributed by atoms with Gasteiger partial charge < -0.3 is 10.2 Å². The number of nitrogens with one attached hydrogen (secondary N) is 1. The molecule has 1 aliphatic carbocycles. The summed E-state index contributed by atoms with van der Waals surface area (Å²) in [6, 6.07) is 0.670. The van der Waals surface area contributed by atoms with Gasteiger partial charge in [-0.2, -0.15) is 0 Å². The van der Waals surface area contributed by atoms with Crippen molar-refractivity contribution in [2.45, 2.75) is 51.1 Å². The first kappa shape index (κ1) is 14.9. The summed E-state index contributed by atoms with van der Waals surface area (Å²) in [6.45, 7) is 6.45. The number of amidine groups is 2. The van der Waals surface area contributed by atoms with E-state index in [1.807, 2.05) is 11.8 Å². The Morgan fingerprint density at radius 3 is 3.18 bits per heavy atom. The highest BCUT2D eigenvalue weighted by atomic mass is 32.2. The molecule has 1 saturated carbocycles. The van der Waals surface area contributed by atoms with Crippen LogP contribution >= 0.6 is 23.5 Å². The molecule has 0 radical (unpaired) electrons. The summed E-state index contributed by atoms with van der Waals surface area (Å²) in [6.07, 6.45) is 5.43. The molecule has 0 aromatic rings. The standard InChI is InChI=1S/C16H24N4S2/c1-16(2)10-20-12(9-22-15(20)19-16)8-21-14-17-7-11-5-3-4-6-13(11)18-14/h9,11,13H,3-8,10H2,1-2H3,(H,17,18)/t11-,13-/m0/s1. The van der Waals surface area contributed by atoms with E-state index in [-0.39, 0.29) is 5.54 Å². The Hall–Kier alpha value is -0.620. The predicted octanol–water partition coefficient (Wildman–Crippen LogP) is 3.28. The largest absolute Gasteiger partial charge is 0.362 e. The van der Waals surface area contributed by atoms with Crippen LogP contribution in [0.4, 0.5) is 0 Å². The van der Waals surface area contributed by atoms with E-state index in [4.69, 9.17) is 9.98 Å². The predicted molar refractivity (Wildman–Crippen MR) is 97.5 cm³/mol. The molecular weight excluding hydrogens is 312 g/mol. The summed E-state index contributed by atoms with van der Waals surface area (Å²) >= 11 is 3.63. The monoisotopic (exact) mass is 336 g/mol. The van der Waals surface area contributed by atoms with E-state index in [9.17, 15) is 0 Å². The van der Waals surface area contributed by atoms with Crippen molar-refractivity contribution in [1.82, 2.24) is 10.2 Å². The van der Waals surface area contributed by atoms with Crippen LogP contribution in [0.25, 0.3) is 0 Å². The van der Waals surface area contributed by atoms with Gasteiger partial charge in [-0.3, -0.25) is 9.98 Å². The van der Waals surface area contributed by atoms with Crippen LogP contribution in [0.5, 0.6) is 0 Å². The lowest BCUT2D eigenvalue weighted by Gasteiger charge is -2.35. The summed E-state index contributed by atoms with van der Waals surface area (Å²) in [5.74, 6) is 1.77. The molecular formula is C16H24N4S2. The Kier molecular flexibility index (Phi) is 3.93. The Balaban J connectivity index is 1.34. The minimum atomic E-state index is 0.0580. The minimum absolute atomic E-state index is 0.0580. The third-order valence-corrected chi connectivity index (χ3v) is 6.74. The van der Waals surface area contributed by atoms with E-state index in [1.165, 1.54) is 36.5 Å². The summed E-state index contributed by atoms with van der Waals surface area (Å²) in [5, 5.41) is 8.27. The van der Waals surface area contributed by atoms with Crippen molar-refractivity contribution in [2.24, 2.45) is 15.9 Å². The number of nitrogens with zero attached hydrogens (tertiary/aromatic N) is 3. The lowest BCUT2D eigenvalue weighted by molar-refractivity contribution is 0.285. The van der Waals surface area contributed by atoms with E-state index in [1.54, 1.807) is 11.8 Å². The van der Waals surface area contributed by atoms with Crippen LogP contribution in [0.2, 0.25) is 0 Å². The number of thioether (sulfide) groups is 2. The Morgan fingerprint density at radius 2 is 2.27 bits per heavy atom. The molecule has 4 nitrogen and oxygen atoms in total. The van der Waals surface area contributed by atoms with E-state index in [0.29, 0.717) is 6.04 Å². The van der Waals surface area contributed by atoms with Gasteiger partial charge in [-0.05, 0) is 38.0 Å². The molecule has 1 fully saturated rings. The Morgan fingerprint density at radius 1 is 1.41 bits per heavy atom. The first-order valence-electron chi connectivity index (χ1n) is 8.28. The number of hydrogen-bond acceptors (Lipinski definition) is 6. The highest BCUT2D eigenvalue weighted by Gasteiger charge is 2.36. The van der Waals surface area contributed by atoms with E-state index in [0.717, 1.165) is 29.9 Å². The molecule has 22 heavy (non-hydrogen) atoms. The van der Waals surface area contributed by atoms with E-state index in [2.05, 4.69) is 29.5 Å². The fourth-order valence-electron chi connectivity index (χ4n) is 3.67. The van der Waals surface area contributed by atoms with Crippen molar-refractivity contribution in [3.63, 3.8) is 0 Å². The molecule has 4 rings (SSSR count). The first-order valence-corrected chi connectivity index (χ1v) is 10.1. The topological polar surface area (TPSA) is 40.0 Å². The molecule has 1 N–H and O–H groups in total. The van der Waals surface area contributed by atoms with Crippen LogP contribution in [0, 0.1) is 5.92 Å². The Bertz CT molecular complexity index is 552. The van der Waals surface area contributed by atoms with E-state index < -0.39 is 0 Å². The molecule has 0 bridgehead atoms. The van der Waals surface area contributed by atoms with Crippen molar-refractivity contribution in [1.29, 1.82) is 0 Å². The van der Waals surface area contributed by atoms with Crippen molar-refractivity contribution in [3.05, 3.63) is 11.1 Å². The third-order valence-electron chi connectivity index (χ3n) is 4.87. The summed E-state index contributed by atoms with van der Waals surface area (Å²) in [4.78, 5) is 11.9. The second kappa shape index (κ2) is 5.78. The van der Waals surface area contributed by atoms with Crippen LogP contribution in [0.3, 0.4) is 0 Å².